The van der Waals surface area contributed by atoms with E-state index in [4.69, 9.17) is 14.4 Å². The Balaban J connectivity index is 1.02. The largest absolute Gasteiger partial charge is 0.456 e. The van der Waals surface area contributed by atoms with Crippen LogP contribution in [0.2, 0.25) is 0 Å². The second kappa shape index (κ2) is 14.8. The van der Waals surface area contributed by atoms with Gasteiger partial charge < -0.3 is 4.42 Å². The van der Waals surface area contributed by atoms with Crippen LogP contribution in [0.15, 0.2) is 229 Å². The van der Waals surface area contributed by atoms with E-state index < -0.39 is 0 Å². The average Bonchev–Trinajstić information content (AvgIpc) is 3.87. The molecular formula is C60H40N2O. The number of hydrogen-bond acceptors (Lipinski definition) is 3. The van der Waals surface area contributed by atoms with Crippen LogP contribution in [-0.4, -0.2) is 9.97 Å². The van der Waals surface area contributed by atoms with Crippen LogP contribution in [0.4, 0.5) is 0 Å². The fourth-order valence-electron chi connectivity index (χ4n) is 9.79. The summed E-state index contributed by atoms with van der Waals surface area (Å²) in [4.78, 5) is 10.6. The molecule has 12 rings (SSSR count). The zero-order valence-electron chi connectivity index (χ0n) is 34.7. The number of benzene rings is 9. The molecule has 11 aromatic rings. The summed E-state index contributed by atoms with van der Waals surface area (Å²) < 4.78 is 6.12. The molecule has 2 aromatic heterocycles. The lowest BCUT2D eigenvalue weighted by atomic mass is 9.74. The van der Waals surface area contributed by atoms with Crippen LogP contribution in [0, 0.1) is 0 Å². The Hall–Kier alpha value is -8.14. The van der Waals surface area contributed by atoms with Crippen molar-refractivity contribution in [1.29, 1.82) is 0 Å². The lowest BCUT2D eigenvalue weighted by Gasteiger charge is -2.28. The van der Waals surface area contributed by atoms with Crippen molar-refractivity contribution in [3.63, 3.8) is 0 Å². The molecule has 1 aliphatic rings. The van der Waals surface area contributed by atoms with Crippen molar-refractivity contribution in [1.82, 2.24) is 9.97 Å². The Kier molecular flexibility index (Phi) is 8.62. The number of rotatable bonds is 7. The van der Waals surface area contributed by atoms with Gasteiger partial charge in [-0.15, -0.1) is 0 Å². The van der Waals surface area contributed by atoms with Crippen molar-refractivity contribution >= 4 is 21.9 Å². The first-order chi connectivity index (χ1) is 31.1. The number of nitrogens with zero attached hydrogens (tertiary/aromatic N) is 2. The zero-order chi connectivity index (χ0) is 41.9. The summed E-state index contributed by atoms with van der Waals surface area (Å²) in [5, 5.41) is 2.24. The van der Waals surface area contributed by atoms with Gasteiger partial charge in [0.2, 0.25) is 0 Å². The molecule has 9 aromatic carbocycles. The molecule has 0 saturated carbocycles. The highest BCUT2D eigenvalue weighted by Gasteiger charge is 2.41. The van der Waals surface area contributed by atoms with E-state index in [1.807, 2.05) is 30.3 Å². The molecule has 1 unspecified atom stereocenters. The molecule has 0 amide bonds. The smallest absolute Gasteiger partial charge is 0.160 e. The molecule has 2 heterocycles. The van der Waals surface area contributed by atoms with Gasteiger partial charge >= 0.3 is 0 Å². The highest BCUT2D eigenvalue weighted by molar-refractivity contribution is 6.06. The van der Waals surface area contributed by atoms with Crippen molar-refractivity contribution in [3.05, 3.63) is 241 Å². The van der Waals surface area contributed by atoms with Gasteiger partial charge in [0.1, 0.15) is 11.2 Å². The molecule has 0 spiro atoms. The van der Waals surface area contributed by atoms with Crippen LogP contribution in [0.25, 0.3) is 100 Å². The molecule has 0 N–H and O–H groups in total. The van der Waals surface area contributed by atoms with Gasteiger partial charge in [-0.2, -0.15) is 0 Å². The van der Waals surface area contributed by atoms with Gasteiger partial charge in [0.25, 0.3) is 0 Å². The highest BCUT2D eigenvalue weighted by Crippen LogP contribution is 2.55. The molecule has 3 heteroatoms. The number of hydrogen-bond donors (Lipinski definition) is 0. The first-order valence-corrected chi connectivity index (χ1v) is 21.6. The molecule has 1 atom stereocenters. The van der Waals surface area contributed by atoms with Crippen molar-refractivity contribution in [2.75, 3.05) is 0 Å². The summed E-state index contributed by atoms with van der Waals surface area (Å²) in [5.74, 6) is 0.685. The summed E-state index contributed by atoms with van der Waals surface area (Å²) in [6.07, 6.45) is 0. The van der Waals surface area contributed by atoms with Crippen LogP contribution in [0.3, 0.4) is 0 Å². The minimum absolute atomic E-state index is 0.300. The zero-order valence-corrected chi connectivity index (χ0v) is 34.7. The van der Waals surface area contributed by atoms with E-state index in [1.54, 1.807) is 0 Å². The topological polar surface area (TPSA) is 38.9 Å². The van der Waals surface area contributed by atoms with E-state index in [-0.39, 0.29) is 5.41 Å². The molecule has 0 fully saturated rings. The van der Waals surface area contributed by atoms with Crippen LogP contribution in [0.5, 0.6) is 0 Å². The van der Waals surface area contributed by atoms with Crippen LogP contribution in [-0.2, 0) is 5.41 Å². The Labute approximate surface area is 366 Å². The SMILES string of the molecule is CC1(c2ccccc2)c2ccccc2-c2c(-c3cc(-c4ccccc4)cc(-c4cc(-c5ccc(-c6ccc7oc8ccccc8c7c6)cc5)nc(-c5ccccc5)n4)c3)cccc21. The maximum atomic E-state index is 6.12. The predicted octanol–water partition coefficient (Wildman–Crippen LogP) is 15.7. The van der Waals surface area contributed by atoms with Gasteiger partial charge in [0, 0.05) is 32.9 Å². The lowest BCUT2D eigenvalue weighted by Crippen LogP contribution is -2.22. The number of para-hydroxylation sites is 1. The fourth-order valence-corrected chi connectivity index (χ4v) is 9.79. The van der Waals surface area contributed by atoms with E-state index in [0.717, 1.165) is 77.8 Å². The van der Waals surface area contributed by atoms with Crippen molar-refractivity contribution < 1.29 is 4.42 Å². The highest BCUT2D eigenvalue weighted by atomic mass is 16.3. The van der Waals surface area contributed by atoms with Crippen LogP contribution < -0.4 is 0 Å². The standard InChI is InChI=1S/C60H40N2O/c1-60(47-20-9-4-10-21-47)52-25-13-11-23-50(52)58-48(24-15-26-53(58)60)45-34-44(39-16-5-2-6-17-39)35-46(36-45)55-38-54(61-59(62-55)42-18-7-3-8-19-42)41-30-28-40(29-31-41)43-32-33-57-51(37-43)49-22-12-14-27-56(49)63-57/h2-38H,1H3. The first-order valence-electron chi connectivity index (χ1n) is 21.6. The summed E-state index contributed by atoms with van der Waals surface area (Å²) in [7, 11) is 0. The number of fused-ring (bicyclic) bond motifs is 6. The minimum Gasteiger partial charge on any atom is -0.456 e. The average molecular weight is 805 g/mol. The summed E-state index contributed by atoms with van der Waals surface area (Å²) >= 11 is 0. The molecule has 0 saturated heterocycles. The van der Waals surface area contributed by atoms with Crippen molar-refractivity contribution in [2.24, 2.45) is 0 Å². The third kappa shape index (κ3) is 6.20. The van der Waals surface area contributed by atoms with Crippen molar-refractivity contribution in [2.45, 2.75) is 12.3 Å². The second-order valence-electron chi connectivity index (χ2n) is 16.6. The normalized spacial score (nSPS) is 14.2. The lowest BCUT2D eigenvalue weighted by molar-refractivity contribution is 0.669. The number of aromatic nitrogens is 2. The van der Waals surface area contributed by atoms with E-state index in [9.17, 15) is 0 Å². The van der Waals surface area contributed by atoms with E-state index >= 15 is 0 Å². The van der Waals surface area contributed by atoms with Gasteiger partial charge in [0.15, 0.2) is 5.82 Å². The number of furan rings is 1. The second-order valence-corrected chi connectivity index (χ2v) is 16.6. The molecule has 63 heavy (non-hydrogen) atoms. The summed E-state index contributed by atoms with van der Waals surface area (Å²) in [6.45, 7) is 2.38. The summed E-state index contributed by atoms with van der Waals surface area (Å²) in [6, 6.07) is 80.1. The Morgan fingerprint density at radius 1 is 0.349 bits per heavy atom. The molecule has 296 valence electrons. The quantitative estimate of drug-likeness (QED) is 0.161. The summed E-state index contributed by atoms with van der Waals surface area (Å²) in [5.41, 5.74) is 19.6. The molecule has 0 aliphatic heterocycles. The van der Waals surface area contributed by atoms with Crippen LogP contribution in [0.1, 0.15) is 23.6 Å². The van der Waals surface area contributed by atoms with Gasteiger partial charge in [-0.05, 0) is 111 Å². The molecular weight excluding hydrogens is 765 g/mol. The predicted molar refractivity (Wildman–Crippen MR) is 259 cm³/mol. The Morgan fingerprint density at radius 3 is 1.70 bits per heavy atom. The molecule has 0 bridgehead atoms. The Morgan fingerprint density at radius 2 is 0.905 bits per heavy atom. The monoisotopic (exact) mass is 804 g/mol. The van der Waals surface area contributed by atoms with Gasteiger partial charge in [-0.1, -0.05) is 182 Å². The fraction of sp³-hybridized carbons (Fsp3) is 0.0333. The Bertz CT molecular complexity index is 3500. The van der Waals surface area contributed by atoms with Gasteiger partial charge in [-0.3, -0.25) is 0 Å². The van der Waals surface area contributed by atoms with Gasteiger partial charge in [-0.25, -0.2) is 9.97 Å². The molecule has 0 radical (unpaired) electrons. The minimum atomic E-state index is -0.300. The van der Waals surface area contributed by atoms with Gasteiger partial charge in [0.05, 0.1) is 11.4 Å². The van der Waals surface area contributed by atoms with E-state index in [1.165, 1.54) is 33.4 Å². The third-order valence-electron chi connectivity index (χ3n) is 13.0. The van der Waals surface area contributed by atoms with Crippen molar-refractivity contribution in [3.8, 4) is 78.4 Å². The van der Waals surface area contributed by atoms with E-state index in [2.05, 4.69) is 201 Å². The molecule has 3 nitrogen and oxygen atoms in total. The third-order valence-corrected chi connectivity index (χ3v) is 13.0. The van der Waals surface area contributed by atoms with E-state index in [0.29, 0.717) is 5.82 Å². The maximum absolute atomic E-state index is 6.12. The first kappa shape index (κ1) is 36.7. The van der Waals surface area contributed by atoms with Crippen LogP contribution >= 0.6 is 0 Å². The maximum Gasteiger partial charge on any atom is 0.160 e. The molecule has 1 aliphatic carbocycles.